The number of carbonyl (C=O) groups is 1. The van der Waals surface area contributed by atoms with Crippen LogP contribution in [-0.2, 0) is 11.0 Å². The zero-order valence-electron chi connectivity index (χ0n) is 11.2. The van der Waals surface area contributed by atoms with Crippen molar-refractivity contribution in [3.8, 4) is 0 Å². The lowest BCUT2D eigenvalue weighted by molar-refractivity contribution is -0.137. The second-order valence-corrected chi connectivity index (χ2v) is 4.30. The Labute approximate surface area is 124 Å². The average Bonchev–Trinajstić information content (AvgIpc) is 2.52. The van der Waals surface area contributed by atoms with Crippen molar-refractivity contribution in [2.75, 3.05) is 0 Å². The van der Waals surface area contributed by atoms with E-state index in [0.29, 0.717) is 11.6 Å². The van der Waals surface area contributed by atoms with Gasteiger partial charge in [0.15, 0.2) is 5.84 Å². The van der Waals surface area contributed by atoms with Crippen LogP contribution in [0.4, 0.5) is 13.2 Å². The molecule has 0 saturated heterocycles. The molecule has 0 saturated carbocycles. The third kappa shape index (κ3) is 3.85. The highest BCUT2D eigenvalue weighted by Gasteiger charge is 2.31. The lowest BCUT2D eigenvalue weighted by Gasteiger charge is -2.07. The Kier molecular flexibility index (Phi) is 4.45. The number of carbonyl (C=O) groups excluding carboxylic acids is 1. The number of alkyl halides is 3. The van der Waals surface area contributed by atoms with Crippen molar-refractivity contribution in [2.45, 2.75) is 6.18 Å². The summed E-state index contributed by atoms with van der Waals surface area (Å²) in [6.07, 6.45) is -4.54. The van der Waals surface area contributed by atoms with Crippen molar-refractivity contribution in [3.05, 3.63) is 71.3 Å². The first-order valence-electron chi connectivity index (χ1n) is 6.15. The minimum atomic E-state index is -4.54. The largest absolute Gasteiger partial charge is 0.416 e. The van der Waals surface area contributed by atoms with Crippen LogP contribution in [0, 0.1) is 0 Å². The summed E-state index contributed by atoms with van der Waals surface area (Å²) in [6, 6.07) is 12.4. The van der Waals surface area contributed by atoms with Gasteiger partial charge in [-0.3, -0.25) is 0 Å². The Morgan fingerprint density at radius 2 is 1.64 bits per heavy atom. The number of hydrogen-bond donors (Lipinski definition) is 1. The Morgan fingerprint density at radius 3 is 2.27 bits per heavy atom. The van der Waals surface area contributed by atoms with Crippen molar-refractivity contribution in [1.82, 2.24) is 0 Å². The fourth-order valence-electron chi connectivity index (χ4n) is 1.63. The molecule has 0 heterocycles. The van der Waals surface area contributed by atoms with Crippen molar-refractivity contribution >= 4 is 11.8 Å². The molecule has 0 bridgehead atoms. The van der Waals surface area contributed by atoms with Crippen LogP contribution in [0.25, 0.3) is 0 Å². The number of nitrogens with two attached hydrogens (primary N) is 1. The van der Waals surface area contributed by atoms with E-state index in [4.69, 9.17) is 5.73 Å². The van der Waals surface area contributed by atoms with Gasteiger partial charge in [-0.1, -0.05) is 41.6 Å². The molecule has 0 amide bonds. The van der Waals surface area contributed by atoms with Gasteiger partial charge < -0.3 is 10.6 Å². The number of amidine groups is 1. The molecule has 0 aromatic heterocycles. The number of rotatable bonds is 3. The van der Waals surface area contributed by atoms with E-state index >= 15 is 0 Å². The van der Waals surface area contributed by atoms with Crippen LogP contribution in [-0.4, -0.2) is 11.8 Å². The second kappa shape index (κ2) is 6.30. The van der Waals surface area contributed by atoms with Gasteiger partial charge in [0.05, 0.1) is 11.1 Å². The molecule has 0 aliphatic rings. The van der Waals surface area contributed by atoms with Gasteiger partial charge in [-0.05, 0) is 18.2 Å². The van der Waals surface area contributed by atoms with E-state index in [1.165, 1.54) is 6.07 Å². The molecule has 2 aromatic carbocycles. The fourth-order valence-corrected chi connectivity index (χ4v) is 1.63. The molecule has 0 aliphatic carbocycles. The monoisotopic (exact) mass is 308 g/mol. The molecule has 0 radical (unpaired) electrons. The minimum absolute atomic E-state index is 0.0547. The van der Waals surface area contributed by atoms with E-state index in [-0.39, 0.29) is 11.4 Å². The normalized spacial score (nSPS) is 12.0. The number of oxime groups is 1. The van der Waals surface area contributed by atoms with Gasteiger partial charge in [-0.15, -0.1) is 0 Å². The molecule has 0 fully saturated rings. The van der Waals surface area contributed by atoms with Gasteiger partial charge >= 0.3 is 12.1 Å². The van der Waals surface area contributed by atoms with Gasteiger partial charge in [-0.2, -0.15) is 13.2 Å². The first-order chi connectivity index (χ1) is 10.4. The van der Waals surface area contributed by atoms with E-state index in [9.17, 15) is 18.0 Å². The highest BCUT2D eigenvalue weighted by atomic mass is 19.4. The lowest BCUT2D eigenvalue weighted by Crippen LogP contribution is -2.15. The number of benzene rings is 2. The number of nitrogens with zero attached hydrogens (tertiary/aromatic N) is 1. The quantitative estimate of drug-likeness (QED) is 0.410. The maximum Gasteiger partial charge on any atom is 0.416 e. The summed E-state index contributed by atoms with van der Waals surface area (Å²) in [5, 5.41) is 3.43. The van der Waals surface area contributed by atoms with Gasteiger partial charge in [0.1, 0.15) is 0 Å². The molecular weight excluding hydrogens is 297 g/mol. The van der Waals surface area contributed by atoms with E-state index in [2.05, 4.69) is 9.99 Å². The van der Waals surface area contributed by atoms with Crippen molar-refractivity contribution in [3.63, 3.8) is 0 Å². The van der Waals surface area contributed by atoms with Crippen LogP contribution in [0.5, 0.6) is 0 Å². The summed E-state index contributed by atoms with van der Waals surface area (Å²) >= 11 is 0. The Morgan fingerprint density at radius 1 is 1.00 bits per heavy atom. The molecule has 7 heteroatoms. The summed E-state index contributed by atoms with van der Waals surface area (Å²) < 4.78 is 37.7. The SMILES string of the molecule is N/C(=N\OC(=O)c1cccc(C(F)(F)F)c1)c1ccccc1. The topological polar surface area (TPSA) is 64.7 Å². The summed E-state index contributed by atoms with van der Waals surface area (Å²) in [6.45, 7) is 0. The van der Waals surface area contributed by atoms with Crippen molar-refractivity contribution < 1.29 is 22.8 Å². The van der Waals surface area contributed by atoms with Crippen LogP contribution >= 0.6 is 0 Å². The molecular formula is C15H11F3N2O2. The van der Waals surface area contributed by atoms with Crippen LogP contribution in [0.1, 0.15) is 21.5 Å². The minimum Gasteiger partial charge on any atom is -0.380 e. The molecule has 2 aromatic rings. The third-order valence-electron chi connectivity index (χ3n) is 2.72. The smallest absolute Gasteiger partial charge is 0.380 e. The molecule has 0 aliphatic heterocycles. The van der Waals surface area contributed by atoms with Crippen LogP contribution < -0.4 is 5.73 Å². The van der Waals surface area contributed by atoms with E-state index in [0.717, 1.165) is 12.1 Å². The van der Waals surface area contributed by atoms with Gasteiger partial charge in [0.2, 0.25) is 0 Å². The summed E-state index contributed by atoms with van der Waals surface area (Å²) in [5.74, 6) is -1.08. The lowest BCUT2D eigenvalue weighted by atomic mass is 10.1. The first kappa shape index (κ1) is 15.6. The molecule has 0 unspecified atom stereocenters. The van der Waals surface area contributed by atoms with E-state index in [1.807, 2.05) is 0 Å². The average molecular weight is 308 g/mol. The summed E-state index contributed by atoms with van der Waals surface area (Å²) in [4.78, 5) is 16.3. The summed E-state index contributed by atoms with van der Waals surface area (Å²) in [5.41, 5.74) is 4.93. The van der Waals surface area contributed by atoms with Crippen LogP contribution in [0.15, 0.2) is 59.8 Å². The van der Waals surface area contributed by atoms with E-state index in [1.54, 1.807) is 30.3 Å². The highest BCUT2D eigenvalue weighted by molar-refractivity contribution is 5.98. The first-order valence-corrected chi connectivity index (χ1v) is 6.15. The Balaban J connectivity index is 2.13. The van der Waals surface area contributed by atoms with E-state index < -0.39 is 17.7 Å². The molecule has 2 rings (SSSR count). The summed E-state index contributed by atoms with van der Waals surface area (Å²) in [7, 11) is 0. The molecule has 2 N–H and O–H groups in total. The Hall–Kier alpha value is -2.83. The van der Waals surface area contributed by atoms with Gasteiger partial charge in [0.25, 0.3) is 0 Å². The Bertz CT molecular complexity index is 697. The number of halogens is 3. The van der Waals surface area contributed by atoms with Gasteiger partial charge in [-0.25, -0.2) is 4.79 Å². The number of hydrogen-bond acceptors (Lipinski definition) is 3. The van der Waals surface area contributed by atoms with Crippen LogP contribution in [0.3, 0.4) is 0 Å². The maximum atomic E-state index is 12.6. The second-order valence-electron chi connectivity index (χ2n) is 4.30. The fraction of sp³-hybridized carbons (Fsp3) is 0.0667. The third-order valence-corrected chi connectivity index (χ3v) is 2.72. The molecule has 22 heavy (non-hydrogen) atoms. The standard InChI is InChI=1S/C15H11F3N2O2/c16-15(17,18)12-8-4-7-11(9-12)14(21)22-20-13(19)10-5-2-1-3-6-10/h1-9H,(H2,19,20). The highest BCUT2D eigenvalue weighted by Crippen LogP contribution is 2.29. The zero-order chi connectivity index (χ0) is 16.2. The molecule has 4 nitrogen and oxygen atoms in total. The molecule has 114 valence electrons. The van der Waals surface area contributed by atoms with Crippen molar-refractivity contribution in [2.24, 2.45) is 10.9 Å². The molecule has 0 spiro atoms. The van der Waals surface area contributed by atoms with Crippen LogP contribution in [0.2, 0.25) is 0 Å². The maximum absolute atomic E-state index is 12.6. The zero-order valence-corrected chi connectivity index (χ0v) is 11.2. The van der Waals surface area contributed by atoms with Gasteiger partial charge in [0, 0.05) is 5.56 Å². The molecule has 0 atom stereocenters. The predicted molar refractivity (Wildman–Crippen MR) is 74.0 cm³/mol. The predicted octanol–water partition coefficient (Wildman–Crippen LogP) is 3.18. The van der Waals surface area contributed by atoms with Crippen molar-refractivity contribution in [1.29, 1.82) is 0 Å².